The molecule has 2 saturated heterocycles. The first-order chi connectivity index (χ1) is 36.6. The van der Waals surface area contributed by atoms with E-state index >= 15 is 0 Å². The lowest BCUT2D eigenvalue weighted by molar-refractivity contribution is 0.0667. The van der Waals surface area contributed by atoms with Gasteiger partial charge in [-0.25, -0.2) is 26.3 Å². The molecule has 18 nitrogen and oxygen atoms in total. The third kappa shape index (κ3) is 11.9. The van der Waals surface area contributed by atoms with Crippen molar-refractivity contribution in [3.8, 4) is 0 Å². The van der Waals surface area contributed by atoms with Crippen LogP contribution in [-0.2, 0) is 56.8 Å². The number of sulfone groups is 2. The molecule has 12 rings (SSSR count). The predicted octanol–water partition coefficient (Wildman–Crippen LogP) is 8.58. The van der Waals surface area contributed by atoms with Gasteiger partial charge < -0.3 is 20.9 Å². The van der Waals surface area contributed by atoms with E-state index in [0.29, 0.717) is 65.7 Å². The van der Waals surface area contributed by atoms with Gasteiger partial charge in [0.15, 0.2) is 31.1 Å². The highest BCUT2D eigenvalue weighted by molar-refractivity contribution is 7.92. The first kappa shape index (κ1) is 54.5. The minimum Gasteiger partial charge on any atom is -0.476 e. The first-order valence-electron chi connectivity index (χ1n) is 27.3. The molecule has 5 N–H and O–H groups in total. The second kappa shape index (κ2) is 21.4. The van der Waals surface area contributed by atoms with E-state index < -0.39 is 50.3 Å². The summed E-state index contributed by atoms with van der Waals surface area (Å²) in [5.74, 6) is 0.567. The third-order valence-corrected chi connectivity index (χ3v) is 23.4. The topological polar surface area (TPSA) is 252 Å². The first-order valence-corrected chi connectivity index (χ1v) is 34.4. The van der Waals surface area contributed by atoms with Gasteiger partial charge in [0.2, 0.25) is 0 Å². The molecule has 1 amide bonds. The molecule has 0 bridgehead atoms. The van der Waals surface area contributed by atoms with Crippen LogP contribution >= 0.6 is 0 Å². The number of ether oxygens (including phenoxy) is 1. The summed E-state index contributed by atoms with van der Waals surface area (Å²) in [5.41, 5.74) is 14.2. The van der Waals surface area contributed by atoms with Crippen LogP contribution in [0.4, 0.5) is 11.4 Å². The smallest absolute Gasteiger partial charge is 0.356 e. The molecule has 6 heterocycles. The number of carbonyl (C=O) groups excluding carboxylic acids is 1. The number of H-pyrrole nitrogens is 1. The van der Waals surface area contributed by atoms with Crippen molar-refractivity contribution in [1.82, 2.24) is 39.5 Å². The number of fused-ring (bicyclic) bond motifs is 4. The van der Waals surface area contributed by atoms with E-state index in [1.54, 1.807) is 38.8 Å². The molecule has 21 heteroatoms. The zero-order valence-electron chi connectivity index (χ0n) is 44.9. The molecule has 77 heavy (non-hydrogen) atoms. The van der Waals surface area contributed by atoms with Gasteiger partial charge in [-0.15, -0.1) is 0 Å². The van der Waals surface area contributed by atoms with Crippen LogP contribution in [0.15, 0.2) is 85.5 Å². The number of nitrogens with zero attached hydrogens (tertiary/aromatic N) is 7. The SMILES string of the molecule is CC12Cc3[nH]nc(C(=O)Nc4cnn(C(c5ccccc5)C5CCCCS5(=O)=O)c4)c3CC1C2.CC12Cc3c(c(C(=O)O)nn3COCC[Si](C)(C)C)CC1C2.Nc1cnn(C(c2ccccc2)C2CCCCS2(=O)=O)c1. The van der Waals surface area contributed by atoms with Crippen molar-refractivity contribution < 1.29 is 36.3 Å². The summed E-state index contributed by atoms with van der Waals surface area (Å²) in [4.78, 5) is 24.5. The van der Waals surface area contributed by atoms with Crippen LogP contribution in [0.25, 0.3) is 0 Å². The van der Waals surface area contributed by atoms with Crippen LogP contribution in [0.3, 0.4) is 0 Å². The van der Waals surface area contributed by atoms with Gasteiger partial charge in [-0.1, -0.05) is 107 Å². The van der Waals surface area contributed by atoms with Crippen LogP contribution in [0, 0.1) is 22.7 Å². The van der Waals surface area contributed by atoms with Crippen molar-refractivity contribution in [3.05, 3.63) is 130 Å². The minimum absolute atomic E-state index is 0.205. The minimum atomic E-state index is -3.25. The molecule has 2 aliphatic heterocycles. The fourth-order valence-electron chi connectivity index (χ4n) is 12.4. The highest BCUT2D eigenvalue weighted by Crippen LogP contribution is 2.60. The molecule has 8 atom stereocenters. The summed E-state index contributed by atoms with van der Waals surface area (Å²) in [6.07, 6.45) is 17.2. The van der Waals surface area contributed by atoms with E-state index in [4.69, 9.17) is 10.5 Å². The Labute approximate surface area is 452 Å². The van der Waals surface area contributed by atoms with Crippen molar-refractivity contribution in [2.45, 2.75) is 146 Å². The third-order valence-electron chi connectivity index (χ3n) is 17.2. The number of carboxylic acid groups (broad SMARTS) is 1. The predicted molar refractivity (Wildman–Crippen MR) is 298 cm³/mol. The van der Waals surface area contributed by atoms with Gasteiger partial charge in [-0.05, 0) is 104 Å². The standard InChI is InChI=1S/C25H29N5O3S.C16H26N2O3Si.C15H19N3O2S/c1-25-12-17(25)11-19-20(13-25)28-29-22(19)24(31)27-18-14-26-30(15-18)23(16-7-3-2-4-8-16)21-9-5-6-10-34(21,32)33;1-16-8-11(16)7-12-13(9-16)18(17-14(12)15(19)20)10-21-5-6-22(2,3)4;16-13-10-17-18(11-13)15(12-6-2-1-3-7-12)14-8-4-5-9-21(14,19)20/h2-4,7-8,14-15,17,21,23H,5-6,9-13H2,1H3,(H,27,31)(H,28,29);11H,5-10H2,1-4H3,(H,19,20);1-3,6-7,10-11,14-15H,4-5,8-9,16H2. The number of nitrogens with one attached hydrogen (secondary N) is 2. The normalized spacial score (nSPS) is 26.1. The van der Waals surface area contributed by atoms with E-state index in [9.17, 15) is 31.5 Å². The van der Waals surface area contributed by atoms with E-state index in [-0.39, 0.29) is 29.1 Å². The van der Waals surface area contributed by atoms with Crippen LogP contribution in [0.1, 0.15) is 132 Å². The molecule has 0 spiro atoms. The Balaban J connectivity index is 0.000000137. The lowest BCUT2D eigenvalue weighted by Gasteiger charge is -2.30. The number of aromatic amines is 1. The summed E-state index contributed by atoms with van der Waals surface area (Å²) in [7, 11) is -7.46. The highest BCUT2D eigenvalue weighted by atomic mass is 32.2. The van der Waals surface area contributed by atoms with Crippen molar-refractivity contribution >= 4 is 51.0 Å². The zero-order chi connectivity index (χ0) is 54.5. The number of nitrogens with two attached hydrogens (primary N) is 1. The Morgan fingerprint density at radius 2 is 1.35 bits per heavy atom. The number of anilines is 2. The van der Waals surface area contributed by atoms with Crippen molar-refractivity contribution in [1.29, 1.82) is 0 Å². The maximum Gasteiger partial charge on any atom is 0.356 e. The van der Waals surface area contributed by atoms with Gasteiger partial charge >= 0.3 is 5.97 Å². The fourth-order valence-corrected chi connectivity index (χ4v) is 17.3. The number of carboxylic acids is 1. The Hall–Kier alpha value is -5.90. The van der Waals surface area contributed by atoms with E-state index in [0.717, 1.165) is 91.2 Å². The van der Waals surface area contributed by atoms with Crippen LogP contribution in [0.5, 0.6) is 0 Å². The monoisotopic (exact) mass is 1110 g/mol. The average molecular weight is 1110 g/mol. The maximum absolute atomic E-state index is 13.1. The number of hydrogen-bond donors (Lipinski definition) is 4. The second-order valence-electron chi connectivity index (χ2n) is 24.3. The average Bonchev–Trinajstić information content (AvgIpc) is 4.02. The van der Waals surface area contributed by atoms with Crippen LogP contribution < -0.4 is 11.1 Å². The van der Waals surface area contributed by atoms with Crippen molar-refractivity contribution in [2.24, 2.45) is 22.7 Å². The molecular formula is C56H74N10O8S2Si. The molecule has 412 valence electrons. The molecule has 2 saturated carbocycles. The Kier molecular flexibility index (Phi) is 15.1. The lowest BCUT2D eigenvalue weighted by Crippen LogP contribution is -2.37. The molecule has 2 aromatic carbocycles. The lowest BCUT2D eigenvalue weighted by atomic mass is 9.87. The molecule has 0 radical (unpaired) electrons. The quantitative estimate of drug-likeness (QED) is 0.0590. The van der Waals surface area contributed by atoms with Gasteiger partial charge in [0, 0.05) is 49.6 Å². The highest BCUT2D eigenvalue weighted by Gasteiger charge is 2.55. The number of amides is 1. The van der Waals surface area contributed by atoms with Gasteiger partial charge in [0.05, 0.1) is 57.9 Å². The molecule has 4 fully saturated rings. The molecule has 4 aliphatic carbocycles. The Bertz CT molecular complexity index is 3330. The zero-order valence-corrected chi connectivity index (χ0v) is 47.5. The van der Waals surface area contributed by atoms with E-state index in [2.05, 4.69) is 64.3 Å². The summed E-state index contributed by atoms with van der Waals surface area (Å²) >= 11 is 0. The number of rotatable bonds is 14. The van der Waals surface area contributed by atoms with Crippen LogP contribution in [0.2, 0.25) is 25.7 Å². The summed E-state index contributed by atoms with van der Waals surface area (Å²) in [5, 5.41) is 31.8. The number of nitrogen functional groups attached to an aromatic ring is 1. The summed E-state index contributed by atoms with van der Waals surface area (Å²) in [6.45, 7) is 12.7. The number of carbonyl (C=O) groups is 2. The molecule has 6 aromatic rings. The van der Waals surface area contributed by atoms with Crippen LogP contribution in [-0.4, -0.2) is 110 Å². The Morgan fingerprint density at radius 3 is 1.90 bits per heavy atom. The second-order valence-corrected chi connectivity index (χ2v) is 34.6. The summed E-state index contributed by atoms with van der Waals surface area (Å²) < 4.78 is 61.9. The fraction of sp³-hybridized carbons (Fsp3) is 0.536. The van der Waals surface area contributed by atoms with Gasteiger partial charge in [-0.2, -0.15) is 20.4 Å². The molecule has 4 aromatic heterocycles. The number of aromatic nitrogens is 8. The number of benzene rings is 2. The van der Waals surface area contributed by atoms with E-state index in [1.165, 1.54) is 12.8 Å². The van der Waals surface area contributed by atoms with Gasteiger partial charge in [-0.3, -0.25) is 19.3 Å². The van der Waals surface area contributed by atoms with Crippen molar-refractivity contribution in [3.63, 3.8) is 0 Å². The van der Waals surface area contributed by atoms with Gasteiger partial charge in [0.1, 0.15) is 6.73 Å². The van der Waals surface area contributed by atoms with E-state index in [1.807, 2.05) is 60.7 Å². The maximum atomic E-state index is 13.1. The largest absolute Gasteiger partial charge is 0.476 e. The van der Waals surface area contributed by atoms with Gasteiger partial charge in [0.25, 0.3) is 5.91 Å². The Morgan fingerprint density at radius 1 is 0.792 bits per heavy atom. The van der Waals surface area contributed by atoms with Crippen molar-refractivity contribution in [2.75, 3.05) is 29.2 Å². The number of aromatic carboxylic acids is 1. The summed E-state index contributed by atoms with van der Waals surface area (Å²) in [6, 6.07) is 19.7. The molecule has 8 unspecified atom stereocenters. The number of hydrogen-bond acceptors (Lipinski definition) is 12. The molecule has 6 aliphatic rings. The molecular weight excluding hydrogens is 1030 g/mol.